The molecule has 0 spiro atoms. The van der Waals surface area contributed by atoms with Gasteiger partial charge in [0.05, 0.1) is 10.2 Å². The number of thioether (sulfide) groups is 1. The van der Waals surface area contributed by atoms with Crippen LogP contribution in [0, 0.1) is 0 Å². The number of aromatic nitrogens is 2. The summed E-state index contributed by atoms with van der Waals surface area (Å²) in [6, 6.07) is 21.2. The summed E-state index contributed by atoms with van der Waals surface area (Å²) in [5.41, 5.74) is 11.1. The molecule has 2 aromatic carbocycles. The fraction of sp³-hybridized carbons (Fsp3) is 0.217. The number of thiophene rings is 1. The number of anilines is 1. The molecule has 2 N–H and O–H groups in total. The third-order valence-electron chi connectivity index (χ3n) is 5.20. The van der Waals surface area contributed by atoms with Gasteiger partial charge in [-0.05, 0) is 17.5 Å². The zero-order valence-corrected chi connectivity index (χ0v) is 17.7. The second-order valence-corrected chi connectivity index (χ2v) is 9.36. The van der Waals surface area contributed by atoms with Gasteiger partial charge in [-0.15, -0.1) is 23.1 Å². The van der Waals surface area contributed by atoms with E-state index < -0.39 is 0 Å². The highest BCUT2D eigenvalue weighted by molar-refractivity contribution is 7.98. The van der Waals surface area contributed by atoms with Crippen molar-refractivity contribution in [2.45, 2.75) is 30.3 Å². The molecule has 1 aliphatic rings. The number of nitrogens with two attached hydrogens (primary N) is 1. The van der Waals surface area contributed by atoms with E-state index in [-0.39, 0.29) is 0 Å². The minimum atomic E-state index is 0.369. The highest BCUT2D eigenvalue weighted by Crippen LogP contribution is 2.40. The molecule has 0 unspecified atom stereocenters. The Kier molecular flexibility index (Phi) is 5.23. The zero-order valence-electron chi connectivity index (χ0n) is 16.0. The Morgan fingerprint density at radius 2 is 1.69 bits per heavy atom. The summed E-state index contributed by atoms with van der Waals surface area (Å²) < 4.78 is 1.19. The summed E-state index contributed by atoms with van der Waals surface area (Å²) in [5.74, 6) is 1.25. The first-order valence-corrected chi connectivity index (χ1v) is 11.6. The van der Waals surface area contributed by atoms with Crippen LogP contribution in [0.5, 0.6) is 0 Å². The van der Waals surface area contributed by atoms with Crippen molar-refractivity contribution in [1.82, 2.24) is 14.9 Å². The summed E-state index contributed by atoms with van der Waals surface area (Å²) in [6.45, 7) is 2.96. The molecule has 0 amide bonds. The summed E-state index contributed by atoms with van der Waals surface area (Å²) in [4.78, 5) is 13.2. The highest BCUT2D eigenvalue weighted by atomic mass is 32.2. The van der Waals surface area contributed by atoms with Gasteiger partial charge in [0.15, 0.2) is 0 Å². The molecule has 0 radical (unpaired) electrons. The molecule has 4 nitrogen and oxygen atoms in total. The topological polar surface area (TPSA) is 55.0 Å². The molecule has 2 aromatic heterocycles. The van der Waals surface area contributed by atoms with Crippen LogP contribution in [0.25, 0.3) is 10.2 Å². The molecule has 0 saturated heterocycles. The lowest BCUT2D eigenvalue weighted by molar-refractivity contribution is 0.248. The summed E-state index contributed by atoms with van der Waals surface area (Å²) >= 11 is 3.60. The number of benzene rings is 2. The molecule has 6 heteroatoms. The van der Waals surface area contributed by atoms with Gasteiger partial charge in [0.1, 0.15) is 5.03 Å². The predicted octanol–water partition coefficient (Wildman–Crippen LogP) is 5.12. The van der Waals surface area contributed by atoms with Gasteiger partial charge in [-0.2, -0.15) is 0 Å². The predicted molar refractivity (Wildman–Crippen MR) is 122 cm³/mol. The van der Waals surface area contributed by atoms with E-state index in [1.165, 1.54) is 26.3 Å². The molecule has 0 fully saturated rings. The normalized spacial score (nSPS) is 14.2. The van der Waals surface area contributed by atoms with E-state index in [9.17, 15) is 0 Å². The van der Waals surface area contributed by atoms with E-state index in [0.717, 1.165) is 42.4 Å². The highest BCUT2D eigenvalue weighted by Gasteiger charge is 2.24. The Morgan fingerprint density at radius 3 is 2.45 bits per heavy atom. The SMILES string of the molecule is Nc1nc(SCc2ccccc2)c2sc3c(c2n1)CN(Cc1ccccc1)CC3. The van der Waals surface area contributed by atoms with Crippen molar-refractivity contribution < 1.29 is 0 Å². The molecule has 5 rings (SSSR count). The maximum atomic E-state index is 6.10. The molecule has 0 bridgehead atoms. The molecule has 1 aliphatic heterocycles. The molecule has 146 valence electrons. The van der Waals surface area contributed by atoms with E-state index in [2.05, 4.69) is 69.5 Å². The third-order valence-corrected chi connectivity index (χ3v) is 7.67. The fourth-order valence-corrected chi connectivity index (χ4v) is 6.09. The van der Waals surface area contributed by atoms with Gasteiger partial charge in [0.2, 0.25) is 5.95 Å². The lowest BCUT2D eigenvalue weighted by Gasteiger charge is -2.26. The Bertz CT molecular complexity index is 1130. The second-order valence-electron chi connectivity index (χ2n) is 7.29. The van der Waals surface area contributed by atoms with Crippen molar-refractivity contribution >= 4 is 39.3 Å². The molecule has 4 aromatic rings. The Balaban J connectivity index is 1.42. The maximum Gasteiger partial charge on any atom is 0.221 e. The van der Waals surface area contributed by atoms with Crippen molar-refractivity contribution in [3.63, 3.8) is 0 Å². The van der Waals surface area contributed by atoms with Crippen LogP contribution in [0.4, 0.5) is 5.95 Å². The first kappa shape index (κ1) is 18.6. The van der Waals surface area contributed by atoms with Gasteiger partial charge in [-0.25, -0.2) is 9.97 Å². The van der Waals surface area contributed by atoms with Crippen LogP contribution in [-0.4, -0.2) is 21.4 Å². The number of rotatable bonds is 5. The molecular weight excluding hydrogens is 396 g/mol. The van der Waals surface area contributed by atoms with Crippen LogP contribution < -0.4 is 5.73 Å². The van der Waals surface area contributed by atoms with Crippen molar-refractivity contribution in [3.8, 4) is 0 Å². The first-order valence-electron chi connectivity index (χ1n) is 9.77. The van der Waals surface area contributed by atoms with Gasteiger partial charge >= 0.3 is 0 Å². The van der Waals surface area contributed by atoms with Gasteiger partial charge in [-0.1, -0.05) is 60.7 Å². The number of nitrogen functional groups attached to an aromatic ring is 1. The third kappa shape index (κ3) is 4.01. The van der Waals surface area contributed by atoms with E-state index in [1.54, 1.807) is 11.8 Å². The Hall–Kier alpha value is -2.41. The van der Waals surface area contributed by atoms with E-state index in [4.69, 9.17) is 5.73 Å². The molecular formula is C23H22N4S2. The second kappa shape index (κ2) is 8.14. The maximum absolute atomic E-state index is 6.10. The zero-order chi connectivity index (χ0) is 19.6. The van der Waals surface area contributed by atoms with E-state index in [1.807, 2.05) is 17.4 Å². The quantitative estimate of drug-likeness (QED) is 0.360. The van der Waals surface area contributed by atoms with Gasteiger partial charge in [0, 0.05) is 35.8 Å². The smallest absolute Gasteiger partial charge is 0.221 e. The van der Waals surface area contributed by atoms with Crippen LogP contribution in [0.15, 0.2) is 65.7 Å². The van der Waals surface area contributed by atoms with E-state index in [0.29, 0.717) is 5.95 Å². The molecule has 3 heterocycles. The molecule has 0 saturated carbocycles. The number of hydrogen-bond acceptors (Lipinski definition) is 6. The fourth-order valence-electron chi connectivity index (χ4n) is 3.79. The number of fused-ring (bicyclic) bond motifs is 3. The lowest BCUT2D eigenvalue weighted by atomic mass is 10.1. The monoisotopic (exact) mass is 418 g/mol. The minimum Gasteiger partial charge on any atom is -0.368 e. The van der Waals surface area contributed by atoms with Crippen LogP contribution in [0.1, 0.15) is 21.6 Å². The molecule has 29 heavy (non-hydrogen) atoms. The van der Waals surface area contributed by atoms with Gasteiger partial charge in [-0.3, -0.25) is 4.90 Å². The van der Waals surface area contributed by atoms with Crippen LogP contribution in [0.2, 0.25) is 0 Å². The average Bonchev–Trinajstić information content (AvgIpc) is 3.11. The molecule has 0 atom stereocenters. The Morgan fingerprint density at radius 1 is 0.966 bits per heavy atom. The van der Waals surface area contributed by atoms with E-state index >= 15 is 0 Å². The van der Waals surface area contributed by atoms with Crippen LogP contribution in [0.3, 0.4) is 0 Å². The number of nitrogens with zero attached hydrogens (tertiary/aromatic N) is 3. The minimum absolute atomic E-state index is 0.369. The van der Waals surface area contributed by atoms with Crippen LogP contribution >= 0.6 is 23.1 Å². The van der Waals surface area contributed by atoms with Crippen molar-refractivity contribution in [2.24, 2.45) is 0 Å². The lowest BCUT2D eigenvalue weighted by Crippen LogP contribution is -2.29. The van der Waals surface area contributed by atoms with Gasteiger partial charge < -0.3 is 5.73 Å². The summed E-state index contributed by atoms with van der Waals surface area (Å²) in [5, 5.41) is 1.00. The van der Waals surface area contributed by atoms with Crippen LogP contribution in [-0.2, 0) is 25.3 Å². The van der Waals surface area contributed by atoms with Crippen molar-refractivity contribution in [3.05, 3.63) is 82.2 Å². The number of hydrogen-bond donors (Lipinski definition) is 1. The standard InChI is InChI=1S/C23H22N4S2/c24-23-25-20-18-14-27(13-16-7-3-1-4-8-16)12-11-19(18)29-21(20)22(26-23)28-15-17-9-5-2-6-10-17/h1-10H,11-15H2,(H2,24,25,26). The largest absolute Gasteiger partial charge is 0.368 e. The first-order chi connectivity index (χ1) is 14.3. The van der Waals surface area contributed by atoms with Gasteiger partial charge in [0.25, 0.3) is 0 Å². The average molecular weight is 419 g/mol. The Labute approximate surface area is 178 Å². The van der Waals surface area contributed by atoms with Crippen molar-refractivity contribution in [1.29, 1.82) is 0 Å². The summed E-state index contributed by atoms with van der Waals surface area (Å²) in [7, 11) is 0. The van der Waals surface area contributed by atoms with Crippen molar-refractivity contribution in [2.75, 3.05) is 12.3 Å². The summed E-state index contributed by atoms with van der Waals surface area (Å²) in [6.07, 6.45) is 1.06. The molecule has 0 aliphatic carbocycles.